The molecule has 0 atom stereocenters. The molecule has 2 heteroatoms. The van der Waals surface area contributed by atoms with Gasteiger partial charge in [0.05, 0.1) is 13.2 Å². The van der Waals surface area contributed by atoms with E-state index in [1.165, 1.54) is 25.7 Å². The van der Waals surface area contributed by atoms with Crippen LogP contribution in [0.3, 0.4) is 0 Å². The first-order valence-electron chi connectivity index (χ1n) is 4.24. The summed E-state index contributed by atoms with van der Waals surface area (Å²) >= 11 is 0. The van der Waals surface area contributed by atoms with Crippen LogP contribution in [-0.2, 0) is 9.78 Å². The van der Waals surface area contributed by atoms with Gasteiger partial charge in [-0.2, -0.15) is 0 Å². The fraction of sp³-hybridized carbons (Fsp3) is 1.00. The summed E-state index contributed by atoms with van der Waals surface area (Å²) < 4.78 is 0. The molecule has 0 saturated carbocycles. The van der Waals surface area contributed by atoms with E-state index in [-0.39, 0.29) is 0 Å². The first-order chi connectivity index (χ1) is 5.00. The highest BCUT2D eigenvalue weighted by atomic mass is 17.2. The lowest BCUT2D eigenvalue weighted by atomic mass is 10.1. The third kappa shape index (κ3) is 3.85. The Labute approximate surface area is 62.4 Å². The molecule has 60 valence electrons. The normalized spacial score (nSPS) is 24.0. The molecule has 0 radical (unpaired) electrons. The highest BCUT2D eigenvalue weighted by molar-refractivity contribution is 4.45. The molecular formula is C8H16O2. The van der Waals surface area contributed by atoms with Crippen LogP contribution < -0.4 is 0 Å². The van der Waals surface area contributed by atoms with Gasteiger partial charge in [-0.3, -0.25) is 0 Å². The molecule has 0 bridgehead atoms. The maximum atomic E-state index is 4.91. The minimum Gasteiger partial charge on any atom is -0.237 e. The second-order valence-electron chi connectivity index (χ2n) is 2.77. The van der Waals surface area contributed by atoms with Crippen molar-refractivity contribution in [2.75, 3.05) is 13.2 Å². The van der Waals surface area contributed by atoms with E-state index in [0.29, 0.717) is 0 Å². The largest absolute Gasteiger partial charge is 0.237 e. The third-order valence-electron chi connectivity index (χ3n) is 1.79. The molecule has 1 saturated heterocycles. The van der Waals surface area contributed by atoms with Crippen LogP contribution in [0.25, 0.3) is 0 Å². The summed E-state index contributed by atoms with van der Waals surface area (Å²) in [4.78, 5) is 9.82. The van der Waals surface area contributed by atoms with E-state index in [9.17, 15) is 0 Å². The maximum Gasteiger partial charge on any atom is 0.0822 e. The van der Waals surface area contributed by atoms with E-state index in [0.717, 1.165) is 26.1 Å². The van der Waals surface area contributed by atoms with Gasteiger partial charge in [-0.25, -0.2) is 9.78 Å². The van der Waals surface area contributed by atoms with Crippen molar-refractivity contribution in [1.82, 2.24) is 0 Å². The number of hydrogen-bond acceptors (Lipinski definition) is 2. The first kappa shape index (κ1) is 8.02. The van der Waals surface area contributed by atoms with Crippen LogP contribution in [0.1, 0.15) is 38.5 Å². The van der Waals surface area contributed by atoms with Gasteiger partial charge in [0.25, 0.3) is 0 Å². The molecule has 0 aromatic rings. The molecule has 0 aromatic heterocycles. The fourth-order valence-electron chi connectivity index (χ4n) is 1.15. The summed E-state index contributed by atoms with van der Waals surface area (Å²) in [6.07, 6.45) is 7.62. The Kier molecular flexibility index (Phi) is 4.56. The van der Waals surface area contributed by atoms with E-state index >= 15 is 0 Å². The Morgan fingerprint density at radius 3 is 1.40 bits per heavy atom. The molecule has 1 fully saturated rings. The van der Waals surface area contributed by atoms with Crippen LogP contribution in [0.5, 0.6) is 0 Å². The van der Waals surface area contributed by atoms with Crippen LogP contribution in [0.2, 0.25) is 0 Å². The Morgan fingerprint density at radius 1 is 0.500 bits per heavy atom. The SMILES string of the molecule is C1CCCCOOCCC1. The zero-order valence-electron chi connectivity index (χ0n) is 6.47. The molecule has 0 unspecified atom stereocenters. The monoisotopic (exact) mass is 144 g/mol. The highest BCUT2D eigenvalue weighted by Crippen LogP contribution is 2.07. The third-order valence-corrected chi connectivity index (χ3v) is 1.79. The molecular weight excluding hydrogens is 128 g/mol. The molecule has 0 N–H and O–H groups in total. The fourth-order valence-corrected chi connectivity index (χ4v) is 1.15. The van der Waals surface area contributed by atoms with Gasteiger partial charge in [-0.1, -0.05) is 25.7 Å². The lowest BCUT2D eigenvalue weighted by Crippen LogP contribution is -2.00. The molecule has 1 rings (SSSR count). The van der Waals surface area contributed by atoms with Crippen molar-refractivity contribution in [3.8, 4) is 0 Å². The van der Waals surface area contributed by atoms with E-state index in [1.807, 2.05) is 0 Å². The summed E-state index contributed by atoms with van der Waals surface area (Å²) in [6.45, 7) is 1.56. The van der Waals surface area contributed by atoms with E-state index in [1.54, 1.807) is 0 Å². The highest BCUT2D eigenvalue weighted by Gasteiger charge is 1.96. The van der Waals surface area contributed by atoms with E-state index in [2.05, 4.69) is 0 Å². The smallest absolute Gasteiger partial charge is 0.0822 e. The molecule has 1 aliphatic heterocycles. The van der Waals surface area contributed by atoms with Gasteiger partial charge in [-0.05, 0) is 12.8 Å². The summed E-state index contributed by atoms with van der Waals surface area (Å²) in [5, 5.41) is 0. The molecule has 2 nitrogen and oxygen atoms in total. The van der Waals surface area contributed by atoms with Gasteiger partial charge in [0, 0.05) is 0 Å². The van der Waals surface area contributed by atoms with Crippen molar-refractivity contribution in [2.45, 2.75) is 38.5 Å². The molecule has 0 amide bonds. The van der Waals surface area contributed by atoms with Crippen molar-refractivity contribution in [2.24, 2.45) is 0 Å². The summed E-state index contributed by atoms with van der Waals surface area (Å²) in [6, 6.07) is 0. The van der Waals surface area contributed by atoms with Crippen LogP contribution in [0, 0.1) is 0 Å². The van der Waals surface area contributed by atoms with Crippen LogP contribution in [0.4, 0.5) is 0 Å². The predicted molar refractivity (Wildman–Crippen MR) is 39.6 cm³/mol. The molecule has 0 aromatic carbocycles. The summed E-state index contributed by atoms with van der Waals surface area (Å²) in [7, 11) is 0. The van der Waals surface area contributed by atoms with E-state index in [4.69, 9.17) is 9.78 Å². The van der Waals surface area contributed by atoms with Gasteiger partial charge in [0.2, 0.25) is 0 Å². The maximum absolute atomic E-state index is 4.91. The second kappa shape index (κ2) is 5.69. The van der Waals surface area contributed by atoms with Gasteiger partial charge < -0.3 is 0 Å². The Balaban J connectivity index is 2.00. The Morgan fingerprint density at radius 2 is 0.900 bits per heavy atom. The lowest BCUT2D eigenvalue weighted by Gasteiger charge is -2.06. The minimum absolute atomic E-state index is 0.778. The van der Waals surface area contributed by atoms with Crippen molar-refractivity contribution < 1.29 is 9.78 Å². The van der Waals surface area contributed by atoms with Gasteiger partial charge in [-0.15, -0.1) is 0 Å². The zero-order chi connectivity index (χ0) is 7.07. The lowest BCUT2D eigenvalue weighted by molar-refractivity contribution is -0.295. The number of rotatable bonds is 0. The molecule has 0 aliphatic carbocycles. The zero-order valence-corrected chi connectivity index (χ0v) is 6.47. The van der Waals surface area contributed by atoms with Crippen LogP contribution in [-0.4, -0.2) is 13.2 Å². The quantitative estimate of drug-likeness (QED) is 0.486. The van der Waals surface area contributed by atoms with Crippen LogP contribution >= 0.6 is 0 Å². The Bertz CT molecular complexity index is 40.4. The Hall–Kier alpha value is -0.0800. The average molecular weight is 144 g/mol. The summed E-state index contributed by atoms with van der Waals surface area (Å²) in [5.74, 6) is 0. The standard InChI is InChI=1S/C8H16O2/c1-2-4-6-8-10-9-7-5-3-1/h1-8H2. The topological polar surface area (TPSA) is 18.5 Å². The van der Waals surface area contributed by atoms with Crippen molar-refractivity contribution in [3.05, 3.63) is 0 Å². The molecule has 1 heterocycles. The van der Waals surface area contributed by atoms with E-state index < -0.39 is 0 Å². The van der Waals surface area contributed by atoms with Gasteiger partial charge in [0.1, 0.15) is 0 Å². The van der Waals surface area contributed by atoms with Crippen molar-refractivity contribution >= 4 is 0 Å². The molecule has 10 heavy (non-hydrogen) atoms. The van der Waals surface area contributed by atoms with Gasteiger partial charge >= 0.3 is 0 Å². The predicted octanol–water partition coefficient (Wildman–Crippen LogP) is 2.29. The summed E-state index contributed by atoms with van der Waals surface area (Å²) in [5.41, 5.74) is 0. The van der Waals surface area contributed by atoms with Gasteiger partial charge in [0.15, 0.2) is 0 Å². The minimum atomic E-state index is 0.778. The molecule has 1 aliphatic rings. The van der Waals surface area contributed by atoms with Crippen molar-refractivity contribution in [3.63, 3.8) is 0 Å². The second-order valence-corrected chi connectivity index (χ2v) is 2.77. The van der Waals surface area contributed by atoms with Crippen LogP contribution in [0.15, 0.2) is 0 Å². The first-order valence-corrected chi connectivity index (χ1v) is 4.24. The average Bonchev–Trinajstić information content (AvgIpc) is 2.01. The number of hydrogen-bond donors (Lipinski definition) is 0. The molecule has 0 spiro atoms. The van der Waals surface area contributed by atoms with Crippen molar-refractivity contribution in [1.29, 1.82) is 0 Å².